The van der Waals surface area contributed by atoms with Crippen molar-refractivity contribution < 1.29 is 14.7 Å². The zero-order valence-electron chi connectivity index (χ0n) is 15.6. The van der Waals surface area contributed by atoms with Gasteiger partial charge in [-0.3, -0.25) is 10.1 Å². The van der Waals surface area contributed by atoms with Crippen LogP contribution < -0.4 is 5.32 Å². The summed E-state index contributed by atoms with van der Waals surface area (Å²) in [5.41, 5.74) is 0. The van der Waals surface area contributed by atoms with E-state index >= 15 is 0 Å². The monoisotopic (exact) mass is 399 g/mol. The van der Waals surface area contributed by atoms with Gasteiger partial charge in [0.05, 0.1) is 16.8 Å². The van der Waals surface area contributed by atoms with E-state index in [0.717, 1.165) is 42.4 Å². The highest BCUT2D eigenvalue weighted by atomic mass is 32.2. The van der Waals surface area contributed by atoms with Crippen LogP contribution in [0.15, 0.2) is 10.4 Å². The van der Waals surface area contributed by atoms with Gasteiger partial charge in [0.25, 0.3) is 0 Å². The van der Waals surface area contributed by atoms with Gasteiger partial charge in [-0.15, -0.1) is 11.8 Å². The molecular weight excluding hydrogens is 370 g/mol. The smallest absolute Gasteiger partial charge is 0.323 e. The summed E-state index contributed by atoms with van der Waals surface area (Å²) in [6.07, 6.45) is 8.41. The lowest BCUT2D eigenvalue weighted by molar-refractivity contribution is -0.136. The molecule has 0 spiro atoms. The maximum absolute atomic E-state index is 12.8. The van der Waals surface area contributed by atoms with Gasteiger partial charge in [0.15, 0.2) is 5.13 Å². The van der Waals surface area contributed by atoms with Crippen LogP contribution in [0.4, 0.5) is 9.93 Å². The number of anilines is 1. The molecule has 1 fully saturated rings. The van der Waals surface area contributed by atoms with Gasteiger partial charge in [0.2, 0.25) is 0 Å². The van der Waals surface area contributed by atoms with Crippen LogP contribution in [-0.4, -0.2) is 45.3 Å². The van der Waals surface area contributed by atoms with E-state index in [0.29, 0.717) is 16.9 Å². The van der Waals surface area contributed by atoms with E-state index in [1.54, 1.807) is 6.20 Å². The highest BCUT2D eigenvalue weighted by molar-refractivity contribution is 8.01. The van der Waals surface area contributed by atoms with Crippen molar-refractivity contribution in [2.24, 2.45) is 5.92 Å². The third-order valence-electron chi connectivity index (χ3n) is 4.70. The lowest BCUT2D eigenvalue weighted by Crippen LogP contribution is -2.45. The predicted molar refractivity (Wildman–Crippen MR) is 107 cm³/mol. The van der Waals surface area contributed by atoms with Crippen LogP contribution in [0.1, 0.15) is 58.8 Å². The molecule has 146 valence electrons. The molecule has 1 aliphatic rings. The van der Waals surface area contributed by atoms with Crippen LogP contribution in [0, 0.1) is 5.92 Å². The molecule has 0 aromatic carbocycles. The first-order valence-corrected chi connectivity index (χ1v) is 11.2. The molecule has 6 nitrogen and oxygen atoms in total. The Kier molecular flexibility index (Phi) is 8.71. The molecule has 0 aliphatic heterocycles. The van der Waals surface area contributed by atoms with Crippen molar-refractivity contribution in [1.82, 2.24) is 9.88 Å². The maximum atomic E-state index is 12.8. The summed E-state index contributed by atoms with van der Waals surface area (Å²) in [5, 5.41) is 12.2. The van der Waals surface area contributed by atoms with E-state index in [4.69, 9.17) is 5.11 Å². The normalized spacial score (nSPS) is 19.9. The van der Waals surface area contributed by atoms with E-state index in [9.17, 15) is 9.59 Å². The first-order chi connectivity index (χ1) is 12.5. The summed E-state index contributed by atoms with van der Waals surface area (Å²) >= 11 is 2.86. The fraction of sp³-hybridized carbons (Fsp3) is 0.722. The Morgan fingerprint density at radius 3 is 2.77 bits per heavy atom. The molecule has 0 unspecified atom stereocenters. The van der Waals surface area contributed by atoms with Gasteiger partial charge in [-0.1, -0.05) is 31.6 Å². The van der Waals surface area contributed by atoms with Crippen molar-refractivity contribution >= 4 is 40.2 Å². The molecular formula is C18H29N3O3S2. The number of carboxylic acid groups (broad SMARTS) is 1. The molecule has 1 aromatic heterocycles. The van der Waals surface area contributed by atoms with Crippen molar-refractivity contribution in [3.05, 3.63) is 6.20 Å². The molecule has 1 aromatic rings. The fourth-order valence-corrected chi connectivity index (χ4v) is 4.99. The summed E-state index contributed by atoms with van der Waals surface area (Å²) < 4.78 is 0.924. The van der Waals surface area contributed by atoms with Crippen LogP contribution in [0.2, 0.25) is 0 Å². The largest absolute Gasteiger partial charge is 0.481 e. The molecule has 1 saturated carbocycles. The molecule has 2 N–H and O–H groups in total. The van der Waals surface area contributed by atoms with Crippen LogP contribution >= 0.6 is 23.1 Å². The number of aliphatic carboxylic acids is 1. The number of carbonyl (C=O) groups is 2. The van der Waals surface area contributed by atoms with Gasteiger partial charge in [-0.05, 0) is 38.0 Å². The van der Waals surface area contributed by atoms with Gasteiger partial charge in [0.1, 0.15) is 0 Å². The molecule has 1 aliphatic carbocycles. The number of amides is 2. The van der Waals surface area contributed by atoms with E-state index in [1.807, 2.05) is 4.90 Å². The number of aromatic nitrogens is 1. The van der Waals surface area contributed by atoms with Gasteiger partial charge in [0, 0.05) is 18.3 Å². The summed E-state index contributed by atoms with van der Waals surface area (Å²) in [6.45, 7) is 5.21. The number of urea groups is 1. The second kappa shape index (κ2) is 10.8. The van der Waals surface area contributed by atoms with Gasteiger partial charge in [-0.25, -0.2) is 9.78 Å². The van der Waals surface area contributed by atoms with Gasteiger partial charge >= 0.3 is 12.0 Å². The Morgan fingerprint density at radius 2 is 2.12 bits per heavy atom. The van der Waals surface area contributed by atoms with Crippen molar-refractivity contribution in [3.63, 3.8) is 0 Å². The molecule has 2 rings (SSSR count). The maximum Gasteiger partial charge on any atom is 0.323 e. The molecule has 0 saturated heterocycles. The number of thiazole rings is 1. The Hall–Kier alpha value is -1.28. The number of nitrogens with one attached hydrogen (secondary N) is 1. The number of thioether (sulfide) groups is 1. The van der Waals surface area contributed by atoms with Crippen molar-refractivity contribution in [2.45, 2.75) is 69.0 Å². The molecule has 0 atom stereocenters. The lowest BCUT2D eigenvalue weighted by atomic mass is 9.86. The Balaban J connectivity index is 1.91. The van der Waals surface area contributed by atoms with E-state index in [2.05, 4.69) is 24.1 Å². The Bertz CT molecular complexity index is 586. The number of nitrogens with zero attached hydrogens (tertiary/aromatic N) is 2. The van der Waals surface area contributed by atoms with E-state index < -0.39 is 5.97 Å². The minimum Gasteiger partial charge on any atom is -0.481 e. The van der Waals surface area contributed by atoms with Crippen molar-refractivity contribution in [3.8, 4) is 0 Å². The van der Waals surface area contributed by atoms with Gasteiger partial charge in [-0.2, -0.15) is 0 Å². The molecule has 1 heterocycles. The van der Waals surface area contributed by atoms with E-state index in [1.165, 1.54) is 35.9 Å². The molecule has 8 heteroatoms. The van der Waals surface area contributed by atoms with Crippen LogP contribution in [0.3, 0.4) is 0 Å². The third kappa shape index (κ3) is 6.79. The first-order valence-electron chi connectivity index (χ1n) is 9.37. The highest BCUT2D eigenvalue weighted by Crippen LogP contribution is 2.30. The summed E-state index contributed by atoms with van der Waals surface area (Å²) in [7, 11) is 0. The second-order valence-corrected chi connectivity index (χ2v) is 9.29. The number of carboxylic acids is 1. The van der Waals surface area contributed by atoms with Crippen LogP contribution in [-0.2, 0) is 4.79 Å². The standard InChI is InChI=1S/C18H29N3O3S2/c1-3-4-10-21(14-7-5-13(2)6-8-14)18(24)20-17-19-12-16(26-17)25-11-9-15(22)23/h12-14H,3-11H2,1-2H3,(H,22,23)(H,19,20,24). The second-order valence-electron chi connectivity index (χ2n) is 6.87. The number of rotatable bonds is 9. The zero-order valence-corrected chi connectivity index (χ0v) is 17.2. The predicted octanol–water partition coefficient (Wildman–Crippen LogP) is 4.92. The third-order valence-corrected chi connectivity index (χ3v) is 6.81. The Labute approximate surface area is 163 Å². The van der Waals surface area contributed by atoms with Gasteiger partial charge < -0.3 is 10.0 Å². The topological polar surface area (TPSA) is 82.5 Å². The summed E-state index contributed by atoms with van der Waals surface area (Å²) in [4.78, 5) is 29.7. The fourth-order valence-electron chi connectivity index (χ4n) is 3.12. The zero-order chi connectivity index (χ0) is 18.9. The first kappa shape index (κ1) is 21.0. The number of hydrogen-bond acceptors (Lipinski definition) is 5. The highest BCUT2D eigenvalue weighted by Gasteiger charge is 2.27. The molecule has 0 bridgehead atoms. The number of carbonyl (C=O) groups excluding carboxylic acids is 1. The SMILES string of the molecule is CCCCN(C(=O)Nc1ncc(SCCC(=O)O)s1)C1CCC(C)CC1. The van der Waals surface area contributed by atoms with Crippen LogP contribution in [0.5, 0.6) is 0 Å². The minimum absolute atomic E-state index is 0.0607. The number of unbranched alkanes of at least 4 members (excludes halogenated alkanes) is 1. The molecule has 0 radical (unpaired) electrons. The summed E-state index contributed by atoms with van der Waals surface area (Å²) in [5.74, 6) is 0.462. The quantitative estimate of drug-likeness (QED) is 0.576. The average Bonchev–Trinajstić information content (AvgIpc) is 3.03. The summed E-state index contributed by atoms with van der Waals surface area (Å²) in [6, 6.07) is 0.261. The molecule has 2 amide bonds. The van der Waals surface area contributed by atoms with Crippen molar-refractivity contribution in [1.29, 1.82) is 0 Å². The average molecular weight is 400 g/mol. The molecule has 26 heavy (non-hydrogen) atoms. The minimum atomic E-state index is -0.802. The number of hydrogen-bond donors (Lipinski definition) is 2. The van der Waals surface area contributed by atoms with E-state index in [-0.39, 0.29) is 12.5 Å². The van der Waals surface area contributed by atoms with Crippen LogP contribution in [0.25, 0.3) is 0 Å². The van der Waals surface area contributed by atoms with Crippen molar-refractivity contribution in [2.75, 3.05) is 17.6 Å². The lowest BCUT2D eigenvalue weighted by Gasteiger charge is -2.36. The Morgan fingerprint density at radius 1 is 1.38 bits per heavy atom.